The lowest BCUT2D eigenvalue weighted by Gasteiger charge is -2.26. The predicted molar refractivity (Wildman–Crippen MR) is 109 cm³/mol. The van der Waals surface area contributed by atoms with Gasteiger partial charge in [-0.15, -0.1) is 0 Å². The maximum absolute atomic E-state index is 2.46. The molecule has 0 bridgehead atoms. The molecule has 0 heterocycles. The minimum absolute atomic E-state index is 0.666. The average Bonchev–Trinajstić information content (AvgIpc) is 2.67. The van der Waals surface area contributed by atoms with Crippen LogP contribution in [-0.4, -0.2) is 0 Å². The van der Waals surface area contributed by atoms with E-state index in [9.17, 15) is 0 Å². The van der Waals surface area contributed by atoms with Crippen LogP contribution in [0.5, 0.6) is 0 Å². The van der Waals surface area contributed by atoms with Gasteiger partial charge < -0.3 is 0 Å². The maximum atomic E-state index is 2.46. The number of fused-ring (bicyclic) bond motifs is 2. The summed E-state index contributed by atoms with van der Waals surface area (Å²) >= 11 is 0. The standard InChI is InChI=1S/C25H28/c1-3-5-19-7-9-23-17-25(13-11-21(23)15-19)24-12-10-20-14-18(4-2)6-8-22(20)16-24/h6-10,12,14-16,25H,3-5,11,13,17H2,1-2H3. The van der Waals surface area contributed by atoms with Crippen molar-refractivity contribution in [3.63, 3.8) is 0 Å². The van der Waals surface area contributed by atoms with Crippen molar-refractivity contribution in [2.45, 2.75) is 58.3 Å². The van der Waals surface area contributed by atoms with Gasteiger partial charge in [-0.2, -0.15) is 0 Å². The van der Waals surface area contributed by atoms with Crippen LogP contribution in [0.15, 0.2) is 54.6 Å². The van der Waals surface area contributed by atoms with Crippen molar-refractivity contribution in [2.75, 3.05) is 0 Å². The van der Waals surface area contributed by atoms with E-state index in [4.69, 9.17) is 0 Å². The Morgan fingerprint density at radius 1 is 0.800 bits per heavy atom. The number of rotatable bonds is 4. The molecule has 25 heavy (non-hydrogen) atoms. The zero-order valence-electron chi connectivity index (χ0n) is 15.5. The Hall–Kier alpha value is -2.08. The third-order valence-corrected chi connectivity index (χ3v) is 5.85. The van der Waals surface area contributed by atoms with E-state index in [0.717, 1.165) is 6.42 Å². The molecule has 0 saturated heterocycles. The lowest BCUT2D eigenvalue weighted by Crippen LogP contribution is -2.13. The van der Waals surface area contributed by atoms with Crippen molar-refractivity contribution < 1.29 is 0 Å². The number of hydrogen-bond acceptors (Lipinski definition) is 0. The number of hydrogen-bond donors (Lipinski definition) is 0. The van der Waals surface area contributed by atoms with Crippen molar-refractivity contribution in [2.24, 2.45) is 0 Å². The SMILES string of the molecule is CCCc1ccc2c(c1)CCC(c1ccc3cc(CC)ccc3c1)C2. The third-order valence-electron chi connectivity index (χ3n) is 5.85. The fourth-order valence-electron chi connectivity index (χ4n) is 4.32. The number of benzene rings is 3. The highest BCUT2D eigenvalue weighted by Gasteiger charge is 2.20. The van der Waals surface area contributed by atoms with E-state index in [0.29, 0.717) is 5.92 Å². The van der Waals surface area contributed by atoms with Gasteiger partial charge >= 0.3 is 0 Å². The van der Waals surface area contributed by atoms with Gasteiger partial charge in [-0.25, -0.2) is 0 Å². The van der Waals surface area contributed by atoms with Crippen molar-refractivity contribution in [3.05, 3.63) is 82.4 Å². The highest BCUT2D eigenvalue weighted by atomic mass is 14.2. The molecular weight excluding hydrogens is 300 g/mol. The van der Waals surface area contributed by atoms with Gasteiger partial charge in [0.15, 0.2) is 0 Å². The molecule has 0 N–H and O–H groups in total. The monoisotopic (exact) mass is 328 g/mol. The van der Waals surface area contributed by atoms with Crippen LogP contribution in [0.4, 0.5) is 0 Å². The lowest BCUT2D eigenvalue weighted by atomic mass is 9.79. The van der Waals surface area contributed by atoms with Gasteiger partial charge in [0.1, 0.15) is 0 Å². The van der Waals surface area contributed by atoms with Gasteiger partial charge in [-0.05, 0) is 76.6 Å². The van der Waals surface area contributed by atoms with Crippen LogP contribution in [0.1, 0.15) is 60.4 Å². The van der Waals surface area contributed by atoms with Crippen LogP contribution in [0, 0.1) is 0 Å². The van der Waals surface area contributed by atoms with Crippen molar-refractivity contribution in [1.82, 2.24) is 0 Å². The molecular formula is C25H28. The van der Waals surface area contributed by atoms with E-state index in [1.807, 2.05) is 0 Å². The summed E-state index contributed by atoms with van der Waals surface area (Å²) in [7, 11) is 0. The molecule has 128 valence electrons. The third kappa shape index (κ3) is 3.35. The van der Waals surface area contributed by atoms with E-state index < -0.39 is 0 Å². The predicted octanol–water partition coefficient (Wildman–Crippen LogP) is 6.63. The van der Waals surface area contributed by atoms with Gasteiger partial charge in [0, 0.05) is 0 Å². The van der Waals surface area contributed by atoms with Crippen LogP contribution in [-0.2, 0) is 25.7 Å². The lowest BCUT2D eigenvalue weighted by molar-refractivity contribution is 0.584. The minimum atomic E-state index is 0.666. The number of aryl methyl sites for hydroxylation is 3. The van der Waals surface area contributed by atoms with E-state index in [2.05, 4.69) is 68.4 Å². The second-order valence-electron chi connectivity index (χ2n) is 7.59. The summed E-state index contributed by atoms with van der Waals surface area (Å²) in [5.41, 5.74) is 7.61. The summed E-state index contributed by atoms with van der Waals surface area (Å²) in [6.45, 7) is 4.49. The Bertz CT molecular complexity index is 888. The van der Waals surface area contributed by atoms with Gasteiger partial charge in [0.2, 0.25) is 0 Å². The van der Waals surface area contributed by atoms with Crippen molar-refractivity contribution >= 4 is 10.8 Å². The Morgan fingerprint density at radius 3 is 2.44 bits per heavy atom. The Labute approximate surface area is 151 Å². The van der Waals surface area contributed by atoms with Crippen LogP contribution < -0.4 is 0 Å². The van der Waals surface area contributed by atoms with Crippen LogP contribution in [0.2, 0.25) is 0 Å². The van der Waals surface area contributed by atoms with E-state index >= 15 is 0 Å². The molecule has 1 aliphatic rings. The summed E-state index contributed by atoms with van der Waals surface area (Å²) in [6, 6.07) is 21.2. The van der Waals surface area contributed by atoms with E-state index in [1.54, 1.807) is 11.1 Å². The maximum Gasteiger partial charge on any atom is -0.0118 e. The summed E-state index contributed by atoms with van der Waals surface area (Å²) in [5, 5.41) is 2.77. The molecule has 0 heteroatoms. The Morgan fingerprint density at radius 2 is 1.60 bits per heavy atom. The average molecular weight is 328 g/mol. The Balaban J connectivity index is 1.59. The molecule has 1 unspecified atom stereocenters. The first-order chi connectivity index (χ1) is 12.3. The molecule has 0 nitrogen and oxygen atoms in total. The van der Waals surface area contributed by atoms with Crippen LogP contribution >= 0.6 is 0 Å². The molecule has 0 fully saturated rings. The molecule has 0 spiro atoms. The zero-order chi connectivity index (χ0) is 17.2. The molecule has 3 aromatic carbocycles. The molecule has 0 saturated carbocycles. The summed E-state index contributed by atoms with van der Waals surface area (Å²) in [6.07, 6.45) is 7.25. The summed E-state index contributed by atoms with van der Waals surface area (Å²) in [5.74, 6) is 0.666. The van der Waals surface area contributed by atoms with E-state index in [-0.39, 0.29) is 0 Å². The molecule has 3 aromatic rings. The van der Waals surface area contributed by atoms with Gasteiger partial charge in [-0.3, -0.25) is 0 Å². The normalized spacial score (nSPS) is 16.8. The summed E-state index contributed by atoms with van der Waals surface area (Å²) < 4.78 is 0. The Kier molecular flexibility index (Phi) is 4.61. The summed E-state index contributed by atoms with van der Waals surface area (Å²) in [4.78, 5) is 0. The first-order valence-corrected chi connectivity index (χ1v) is 9.90. The van der Waals surface area contributed by atoms with E-state index in [1.165, 1.54) is 59.6 Å². The van der Waals surface area contributed by atoms with Crippen LogP contribution in [0.3, 0.4) is 0 Å². The van der Waals surface area contributed by atoms with Gasteiger partial charge in [0.05, 0.1) is 0 Å². The minimum Gasteiger partial charge on any atom is -0.0651 e. The molecule has 0 radical (unpaired) electrons. The molecule has 0 amide bonds. The molecule has 0 aliphatic heterocycles. The van der Waals surface area contributed by atoms with Crippen molar-refractivity contribution in [3.8, 4) is 0 Å². The smallest absolute Gasteiger partial charge is 0.0118 e. The second kappa shape index (κ2) is 7.04. The fraction of sp³-hybridized carbons (Fsp3) is 0.360. The van der Waals surface area contributed by atoms with Gasteiger partial charge in [-0.1, -0.05) is 74.9 Å². The first kappa shape index (κ1) is 16.4. The molecule has 1 atom stereocenters. The quantitative estimate of drug-likeness (QED) is 0.504. The van der Waals surface area contributed by atoms with Crippen LogP contribution in [0.25, 0.3) is 10.8 Å². The topological polar surface area (TPSA) is 0 Å². The fourth-order valence-corrected chi connectivity index (χ4v) is 4.32. The highest BCUT2D eigenvalue weighted by Crippen LogP contribution is 2.34. The molecule has 0 aromatic heterocycles. The first-order valence-electron chi connectivity index (χ1n) is 9.90. The molecule has 1 aliphatic carbocycles. The second-order valence-corrected chi connectivity index (χ2v) is 7.59. The van der Waals surface area contributed by atoms with Crippen molar-refractivity contribution in [1.29, 1.82) is 0 Å². The van der Waals surface area contributed by atoms with Gasteiger partial charge in [0.25, 0.3) is 0 Å². The highest BCUT2D eigenvalue weighted by molar-refractivity contribution is 5.84. The largest absolute Gasteiger partial charge is 0.0651 e. The molecule has 4 rings (SSSR count). The zero-order valence-corrected chi connectivity index (χ0v) is 15.5.